The first-order valence-electron chi connectivity index (χ1n) is 9.13. The highest BCUT2D eigenvalue weighted by Gasteiger charge is 2.19. The monoisotopic (exact) mass is 460 g/mol. The average molecular weight is 461 g/mol. The van der Waals surface area contributed by atoms with E-state index in [0.29, 0.717) is 11.2 Å². The first-order chi connectivity index (χ1) is 14.5. The van der Waals surface area contributed by atoms with E-state index in [2.05, 4.69) is 15.9 Å². The third kappa shape index (κ3) is 3.02. The largest absolute Gasteiger partial charge is 0.316 e. The summed E-state index contributed by atoms with van der Waals surface area (Å²) < 4.78 is 2.71. The van der Waals surface area contributed by atoms with Gasteiger partial charge in [-0.2, -0.15) is 0 Å². The van der Waals surface area contributed by atoms with Gasteiger partial charge in [-0.3, -0.25) is 14.9 Å². The Hall–Kier alpha value is -3.65. The van der Waals surface area contributed by atoms with Crippen LogP contribution in [-0.4, -0.2) is 25.2 Å². The number of carbonyl (C=O) groups excluding carboxylic acids is 1. The van der Waals surface area contributed by atoms with Crippen LogP contribution >= 0.6 is 15.9 Å². The fourth-order valence-electron chi connectivity index (χ4n) is 3.59. The summed E-state index contributed by atoms with van der Waals surface area (Å²) in [7, 11) is 0. The first-order valence-corrected chi connectivity index (χ1v) is 9.92. The van der Waals surface area contributed by atoms with Gasteiger partial charge >= 0.3 is 0 Å². The van der Waals surface area contributed by atoms with E-state index in [0.717, 1.165) is 26.4 Å². The summed E-state index contributed by atoms with van der Waals surface area (Å²) in [5, 5.41) is 11.9. The molecule has 0 unspecified atom stereocenters. The van der Waals surface area contributed by atoms with Crippen LogP contribution in [0.3, 0.4) is 0 Å². The fraction of sp³-hybridized carbons (Fsp3) is 0.0455. The van der Waals surface area contributed by atoms with Crippen molar-refractivity contribution in [2.45, 2.75) is 6.54 Å². The highest BCUT2D eigenvalue weighted by atomic mass is 79.9. The summed E-state index contributed by atoms with van der Waals surface area (Å²) >= 11 is 3.50. The van der Waals surface area contributed by atoms with Gasteiger partial charge in [0, 0.05) is 27.6 Å². The number of ketones is 1. The number of para-hydroxylation sites is 2. The lowest BCUT2D eigenvalue weighted by Gasteiger charge is -2.07. The number of halogens is 1. The molecule has 0 bridgehead atoms. The molecule has 2 heterocycles. The molecule has 0 aliphatic rings. The van der Waals surface area contributed by atoms with Crippen molar-refractivity contribution in [2.24, 2.45) is 0 Å². The number of hydrogen-bond donors (Lipinski definition) is 0. The Bertz CT molecular complexity index is 1490. The molecule has 0 N–H and O–H groups in total. The minimum atomic E-state index is -0.508. The van der Waals surface area contributed by atoms with Crippen molar-refractivity contribution in [2.75, 3.05) is 0 Å². The van der Waals surface area contributed by atoms with Gasteiger partial charge in [-0.1, -0.05) is 40.2 Å². The molecule has 30 heavy (non-hydrogen) atoms. The molecule has 0 spiro atoms. The highest BCUT2D eigenvalue weighted by molar-refractivity contribution is 9.10. The molecule has 0 amide bonds. The second kappa shape index (κ2) is 7.00. The van der Waals surface area contributed by atoms with Crippen LogP contribution in [0.15, 0.2) is 71.2 Å². The second-order valence-corrected chi connectivity index (χ2v) is 7.78. The number of non-ortho nitro benzene ring substituents is 1. The van der Waals surface area contributed by atoms with Crippen LogP contribution in [-0.2, 0) is 6.54 Å². The maximum absolute atomic E-state index is 13.0. The number of hydrogen-bond acceptors (Lipinski definition) is 5. The molecule has 7 nitrogen and oxygen atoms in total. The molecule has 0 fully saturated rings. The van der Waals surface area contributed by atoms with E-state index in [-0.39, 0.29) is 23.6 Å². The van der Waals surface area contributed by atoms with Crippen LogP contribution in [0, 0.1) is 10.1 Å². The van der Waals surface area contributed by atoms with Crippen molar-refractivity contribution >= 4 is 60.5 Å². The molecular formula is C22H13BrN4O3. The van der Waals surface area contributed by atoms with Crippen LogP contribution in [0.5, 0.6) is 0 Å². The third-order valence-electron chi connectivity index (χ3n) is 4.99. The number of benzene rings is 3. The zero-order valence-electron chi connectivity index (χ0n) is 15.4. The van der Waals surface area contributed by atoms with Crippen molar-refractivity contribution in [3.05, 3.63) is 86.9 Å². The molecule has 0 saturated heterocycles. The van der Waals surface area contributed by atoms with Crippen molar-refractivity contribution in [1.82, 2.24) is 14.5 Å². The van der Waals surface area contributed by atoms with Gasteiger partial charge in [0.25, 0.3) is 5.69 Å². The lowest BCUT2D eigenvalue weighted by Crippen LogP contribution is -2.11. The molecule has 146 valence electrons. The number of Topliss-reactive ketones (excluding diaryl/α,β-unsaturated/α-hetero) is 1. The molecular weight excluding hydrogens is 448 g/mol. The topological polar surface area (TPSA) is 90.9 Å². The molecule has 0 saturated carbocycles. The van der Waals surface area contributed by atoms with E-state index in [9.17, 15) is 14.9 Å². The molecule has 2 aromatic heterocycles. The average Bonchev–Trinajstić information content (AvgIpc) is 3.04. The highest BCUT2D eigenvalue weighted by Crippen LogP contribution is 2.31. The number of nitro benzene ring substituents is 1. The van der Waals surface area contributed by atoms with Crippen molar-refractivity contribution < 1.29 is 9.72 Å². The predicted octanol–water partition coefficient (Wildman–Crippen LogP) is 5.29. The van der Waals surface area contributed by atoms with Crippen LogP contribution in [0.1, 0.15) is 10.4 Å². The fourth-order valence-corrected chi connectivity index (χ4v) is 3.96. The molecule has 8 heteroatoms. The van der Waals surface area contributed by atoms with Gasteiger partial charge in [0.05, 0.1) is 28.0 Å². The summed E-state index contributed by atoms with van der Waals surface area (Å²) in [4.78, 5) is 33.1. The zero-order chi connectivity index (χ0) is 20.8. The summed E-state index contributed by atoms with van der Waals surface area (Å²) in [5.74, 6) is -0.240. The van der Waals surface area contributed by atoms with Crippen molar-refractivity contribution in [3.63, 3.8) is 0 Å². The summed E-state index contributed by atoms with van der Waals surface area (Å²) in [5.41, 5.74) is 3.80. The Labute approximate surface area is 178 Å². The maximum atomic E-state index is 13.0. The molecule has 5 rings (SSSR count). The van der Waals surface area contributed by atoms with Gasteiger partial charge < -0.3 is 4.57 Å². The van der Waals surface area contributed by atoms with Crippen LogP contribution in [0.25, 0.3) is 33.1 Å². The summed E-state index contributed by atoms with van der Waals surface area (Å²) in [6.45, 7) is -0.00415. The molecule has 3 aromatic carbocycles. The SMILES string of the molecule is O=C(Cn1c2ccc(Br)cc2c2nc3ccccc3nc21)c1cccc([N+](=O)[O-])c1. The van der Waals surface area contributed by atoms with E-state index in [4.69, 9.17) is 9.97 Å². The smallest absolute Gasteiger partial charge is 0.270 e. The number of carbonyl (C=O) groups is 1. The van der Waals surface area contributed by atoms with E-state index in [1.54, 1.807) is 6.07 Å². The minimum Gasteiger partial charge on any atom is -0.316 e. The number of nitro groups is 1. The van der Waals surface area contributed by atoms with Crippen molar-refractivity contribution in [1.29, 1.82) is 0 Å². The summed E-state index contributed by atoms with van der Waals surface area (Å²) in [6.07, 6.45) is 0. The quantitative estimate of drug-likeness (QED) is 0.206. The van der Waals surface area contributed by atoms with E-state index >= 15 is 0 Å². The molecule has 0 radical (unpaired) electrons. The van der Waals surface area contributed by atoms with E-state index in [1.807, 2.05) is 47.0 Å². The zero-order valence-corrected chi connectivity index (χ0v) is 17.0. The number of rotatable bonds is 4. The second-order valence-electron chi connectivity index (χ2n) is 6.86. The van der Waals surface area contributed by atoms with Gasteiger partial charge in [-0.05, 0) is 30.3 Å². The minimum absolute atomic E-state index is 0.00415. The van der Waals surface area contributed by atoms with Gasteiger partial charge in [0.15, 0.2) is 11.4 Å². The van der Waals surface area contributed by atoms with Crippen LogP contribution in [0.4, 0.5) is 5.69 Å². The molecule has 0 aliphatic carbocycles. The normalized spacial score (nSPS) is 11.4. The lowest BCUT2D eigenvalue weighted by atomic mass is 10.1. The lowest BCUT2D eigenvalue weighted by molar-refractivity contribution is -0.384. The van der Waals surface area contributed by atoms with Crippen LogP contribution in [0.2, 0.25) is 0 Å². The number of aromatic nitrogens is 3. The van der Waals surface area contributed by atoms with E-state index in [1.165, 1.54) is 18.2 Å². The Kier molecular flexibility index (Phi) is 4.29. The van der Waals surface area contributed by atoms with Gasteiger partial charge in [0.1, 0.15) is 5.52 Å². The van der Waals surface area contributed by atoms with Gasteiger partial charge in [0.2, 0.25) is 0 Å². The molecule has 0 aliphatic heterocycles. The maximum Gasteiger partial charge on any atom is 0.270 e. The Morgan fingerprint density at radius 2 is 1.77 bits per heavy atom. The summed E-state index contributed by atoms with van der Waals surface area (Å²) in [6, 6.07) is 19.1. The van der Waals surface area contributed by atoms with E-state index < -0.39 is 4.92 Å². The predicted molar refractivity (Wildman–Crippen MR) is 118 cm³/mol. The third-order valence-corrected chi connectivity index (χ3v) is 5.49. The molecule has 0 atom stereocenters. The number of nitrogens with zero attached hydrogens (tertiary/aromatic N) is 4. The Morgan fingerprint density at radius 1 is 1.00 bits per heavy atom. The number of fused-ring (bicyclic) bond motifs is 4. The Morgan fingerprint density at radius 3 is 2.53 bits per heavy atom. The Balaban J connectivity index is 1.71. The molecule has 5 aromatic rings. The first kappa shape index (κ1) is 18.4. The van der Waals surface area contributed by atoms with Gasteiger partial charge in [-0.15, -0.1) is 0 Å². The van der Waals surface area contributed by atoms with Crippen molar-refractivity contribution in [3.8, 4) is 0 Å². The van der Waals surface area contributed by atoms with Gasteiger partial charge in [-0.25, -0.2) is 9.97 Å². The van der Waals surface area contributed by atoms with Crippen LogP contribution < -0.4 is 0 Å². The standard InChI is InChI=1S/C22H13BrN4O3/c23-14-8-9-19-16(11-14)21-22(25-18-7-2-1-6-17(18)24-21)26(19)12-20(28)13-4-3-5-15(10-13)27(29)30/h1-11H,12H2.